The van der Waals surface area contributed by atoms with E-state index in [0.29, 0.717) is 30.6 Å². The molecule has 0 atom stereocenters. The van der Waals surface area contributed by atoms with E-state index in [2.05, 4.69) is 50.4 Å². The van der Waals surface area contributed by atoms with E-state index in [4.69, 9.17) is 26.4 Å². The molecule has 1 heterocycles. The summed E-state index contributed by atoms with van der Waals surface area (Å²) in [6.07, 6.45) is 3.89. The summed E-state index contributed by atoms with van der Waals surface area (Å²) in [6, 6.07) is 15.4. The molecule has 2 aromatic carbocycles. The van der Waals surface area contributed by atoms with Crippen molar-refractivity contribution in [2.24, 2.45) is 11.5 Å². The lowest BCUT2D eigenvalue weighted by Crippen LogP contribution is -2.34. The number of amidine groups is 1. The van der Waals surface area contributed by atoms with E-state index in [9.17, 15) is 0 Å². The van der Waals surface area contributed by atoms with Crippen LogP contribution in [-0.2, 0) is 0 Å². The van der Waals surface area contributed by atoms with Gasteiger partial charge in [-0.05, 0) is 57.1 Å². The van der Waals surface area contributed by atoms with Crippen molar-refractivity contribution in [2.75, 3.05) is 26.2 Å². The van der Waals surface area contributed by atoms with Gasteiger partial charge in [-0.25, -0.2) is 0 Å². The third-order valence-electron chi connectivity index (χ3n) is 4.14. The molecule has 30 heavy (non-hydrogen) atoms. The first-order chi connectivity index (χ1) is 14.5. The molecule has 0 aromatic heterocycles. The van der Waals surface area contributed by atoms with Crippen LogP contribution < -0.4 is 26.3 Å². The highest BCUT2D eigenvalue weighted by atomic mass is 16.5. The predicted octanol–water partition coefficient (Wildman–Crippen LogP) is 3.85. The third kappa shape index (κ3) is 10.8. The lowest BCUT2D eigenvalue weighted by atomic mass is 10.1. The number of nitrogens with two attached hydrogens (primary N) is 2. The monoisotopic (exact) mass is 414 g/mol. The summed E-state index contributed by atoms with van der Waals surface area (Å²) in [4.78, 5) is 0. The van der Waals surface area contributed by atoms with Gasteiger partial charge in [-0.1, -0.05) is 50.1 Å². The van der Waals surface area contributed by atoms with Crippen molar-refractivity contribution in [3.8, 4) is 11.5 Å². The van der Waals surface area contributed by atoms with Gasteiger partial charge in [0.2, 0.25) is 0 Å². The molecule has 3 rings (SSSR count). The van der Waals surface area contributed by atoms with Gasteiger partial charge in [-0.15, -0.1) is 0 Å². The van der Waals surface area contributed by atoms with E-state index >= 15 is 0 Å². The summed E-state index contributed by atoms with van der Waals surface area (Å²) in [5.74, 6) is 1.74. The molecular formula is C24H38N4O2. The largest absolute Gasteiger partial charge is 0.492 e. The van der Waals surface area contributed by atoms with Crippen molar-refractivity contribution >= 4 is 5.84 Å². The summed E-state index contributed by atoms with van der Waals surface area (Å²) < 4.78 is 11.1. The van der Waals surface area contributed by atoms with Crippen LogP contribution in [0.25, 0.3) is 0 Å². The SMILES string of the molecule is CCC.Cc1ccc(OC2CCNCC2)cc1.N=C(N)c1cccc(OCCN)c1. The molecule has 6 nitrogen and oxygen atoms in total. The maximum Gasteiger partial charge on any atom is 0.122 e. The second kappa shape index (κ2) is 15.3. The fourth-order valence-corrected chi connectivity index (χ4v) is 2.65. The Balaban J connectivity index is 0.000000266. The highest BCUT2D eigenvalue weighted by Gasteiger charge is 2.13. The van der Waals surface area contributed by atoms with Crippen LogP contribution in [0.3, 0.4) is 0 Å². The van der Waals surface area contributed by atoms with Crippen molar-refractivity contribution in [1.82, 2.24) is 5.32 Å². The van der Waals surface area contributed by atoms with Crippen LogP contribution >= 0.6 is 0 Å². The number of nitrogens with one attached hydrogen (secondary N) is 2. The van der Waals surface area contributed by atoms with Crippen LogP contribution in [0.15, 0.2) is 48.5 Å². The lowest BCUT2D eigenvalue weighted by Gasteiger charge is -2.23. The summed E-state index contributed by atoms with van der Waals surface area (Å²) in [5.41, 5.74) is 12.5. The first-order valence-corrected chi connectivity index (χ1v) is 10.7. The van der Waals surface area contributed by atoms with Gasteiger partial charge in [0.1, 0.15) is 30.0 Å². The highest BCUT2D eigenvalue weighted by molar-refractivity contribution is 5.95. The van der Waals surface area contributed by atoms with Gasteiger partial charge in [-0.2, -0.15) is 0 Å². The molecule has 0 saturated carbocycles. The van der Waals surface area contributed by atoms with Gasteiger partial charge in [0.25, 0.3) is 0 Å². The van der Waals surface area contributed by atoms with Crippen molar-refractivity contribution in [3.05, 3.63) is 59.7 Å². The molecule has 1 saturated heterocycles. The topological polar surface area (TPSA) is 106 Å². The van der Waals surface area contributed by atoms with Crippen LogP contribution in [0.2, 0.25) is 0 Å². The normalized spacial score (nSPS) is 13.2. The third-order valence-corrected chi connectivity index (χ3v) is 4.14. The molecule has 6 N–H and O–H groups in total. The molecule has 1 aliphatic rings. The van der Waals surface area contributed by atoms with Crippen molar-refractivity contribution < 1.29 is 9.47 Å². The second-order valence-electron chi connectivity index (χ2n) is 7.17. The number of hydrogen-bond donors (Lipinski definition) is 4. The van der Waals surface area contributed by atoms with Crippen molar-refractivity contribution in [2.45, 2.75) is 46.1 Å². The molecular weight excluding hydrogens is 376 g/mol. The average Bonchev–Trinajstić information content (AvgIpc) is 2.76. The minimum atomic E-state index is 0.0400. The number of hydrogen-bond acceptors (Lipinski definition) is 5. The number of benzene rings is 2. The van der Waals surface area contributed by atoms with E-state index in [-0.39, 0.29) is 5.84 Å². The van der Waals surface area contributed by atoms with E-state index in [0.717, 1.165) is 31.7 Å². The Labute approximate surface area is 181 Å². The molecule has 0 amide bonds. The fraction of sp³-hybridized carbons (Fsp3) is 0.458. The number of aryl methyl sites for hydroxylation is 1. The number of rotatable bonds is 6. The highest BCUT2D eigenvalue weighted by Crippen LogP contribution is 2.17. The van der Waals surface area contributed by atoms with Crippen LogP contribution in [0.1, 0.15) is 44.2 Å². The standard InChI is InChI=1S/C12H17NO.C9H13N3O.C3H8/c1-10-2-4-11(5-3-10)14-12-6-8-13-9-7-12;10-4-5-13-8-3-1-2-7(6-8)9(11)12;1-3-2/h2-5,12-13H,6-9H2,1H3;1-3,6H,4-5,10H2,(H3,11,12);3H2,1-2H3. The Kier molecular flexibility index (Phi) is 13.0. The summed E-state index contributed by atoms with van der Waals surface area (Å²) in [5, 5.41) is 10.5. The second-order valence-corrected chi connectivity index (χ2v) is 7.17. The first-order valence-electron chi connectivity index (χ1n) is 10.7. The zero-order valence-corrected chi connectivity index (χ0v) is 18.6. The fourth-order valence-electron chi connectivity index (χ4n) is 2.65. The molecule has 0 radical (unpaired) electrons. The molecule has 2 aromatic rings. The molecule has 1 aliphatic heterocycles. The Hall–Kier alpha value is -2.57. The van der Waals surface area contributed by atoms with Gasteiger partial charge >= 0.3 is 0 Å². The molecule has 0 aliphatic carbocycles. The van der Waals surface area contributed by atoms with Gasteiger partial charge < -0.3 is 26.3 Å². The molecule has 6 heteroatoms. The summed E-state index contributed by atoms with van der Waals surface area (Å²) in [6.45, 7) is 9.45. The minimum absolute atomic E-state index is 0.0400. The van der Waals surface area contributed by atoms with Crippen LogP contribution in [0.5, 0.6) is 11.5 Å². The Morgan fingerprint density at radius 2 is 1.70 bits per heavy atom. The van der Waals surface area contributed by atoms with E-state index in [1.165, 1.54) is 12.0 Å². The maximum absolute atomic E-state index is 7.21. The van der Waals surface area contributed by atoms with Gasteiger partial charge in [-0.3, -0.25) is 5.41 Å². The Morgan fingerprint density at radius 1 is 1.07 bits per heavy atom. The number of ether oxygens (including phenoxy) is 2. The molecule has 0 bridgehead atoms. The van der Waals surface area contributed by atoms with Gasteiger partial charge in [0.15, 0.2) is 0 Å². The van der Waals surface area contributed by atoms with E-state index < -0.39 is 0 Å². The predicted molar refractivity (Wildman–Crippen MR) is 126 cm³/mol. The van der Waals surface area contributed by atoms with Crippen molar-refractivity contribution in [3.63, 3.8) is 0 Å². The summed E-state index contributed by atoms with van der Waals surface area (Å²) >= 11 is 0. The smallest absolute Gasteiger partial charge is 0.122 e. The number of nitrogen functional groups attached to an aromatic ring is 1. The zero-order valence-electron chi connectivity index (χ0n) is 18.6. The Bertz CT molecular complexity index is 713. The molecule has 1 fully saturated rings. The maximum atomic E-state index is 7.21. The zero-order chi connectivity index (χ0) is 22.2. The average molecular weight is 415 g/mol. The van der Waals surface area contributed by atoms with Crippen LogP contribution in [0, 0.1) is 12.3 Å². The summed E-state index contributed by atoms with van der Waals surface area (Å²) in [7, 11) is 0. The van der Waals surface area contributed by atoms with E-state index in [1.807, 2.05) is 6.07 Å². The molecule has 0 spiro atoms. The van der Waals surface area contributed by atoms with Crippen LogP contribution in [-0.4, -0.2) is 38.2 Å². The minimum Gasteiger partial charge on any atom is -0.492 e. The Morgan fingerprint density at radius 3 is 2.27 bits per heavy atom. The first kappa shape index (κ1) is 25.5. The quantitative estimate of drug-likeness (QED) is 0.424. The van der Waals surface area contributed by atoms with Gasteiger partial charge in [0, 0.05) is 12.1 Å². The van der Waals surface area contributed by atoms with Crippen LogP contribution in [0.4, 0.5) is 0 Å². The van der Waals surface area contributed by atoms with Gasteiger partial charge in [0.05, 0.1) is 0 Å². The number of piperidine rings is 1. The molecule has 0 unspecified atom stereocenters. The van der Waals surface area contributed by atoms with Crippen molar-refractivity contribution in [1.29, 1.82) is 5.41 Å². The lowest BCUT2D eigenvalue weighted by molar-refractivity contribution is 0.162. The van der Waals surface area contributed by atoms with E-state index in [1.54, 1.807) is 18.2 Å². The molecule has 166 valence electrons.